The highest BCUT2D eigenvalue weighted by Gasteiger charge is 2.64. The molecule has 1 spiro atoms. The first kappa shape index (κ1) is 24.5. The van der Waals surface area contributed by atoms with Crippen molar-refractivity contribution in [3.05, 3.63) is 35.0 Å². The van der Waals surface area contributed by atoms with Crippen LogP contribution in [-0.2, 0) is 14.3 Å². The van der Waals surface area contributed by atoms with Crippen molar-refractivity contribution in [3.8, 4) is 0 Å². The van der Waals surface area contributed by atoms with Gasteiger partial charge in [-0.1, -0.05) is 11.6 Å². The minimum absolute atomic E-state index is 0.0636. The molecule has 2 aliphatic carbocycles. The van der Waals surface area contributed by atoms with Gasteiger partial charge in [-0.05, 0) is 99.5 Å². The molecule has 36 heavy (non-hydrogen) atoms. The molecule has 1 aromatic heterocycles. The van der Waals surface area contributed by atoms with Crippen molar-refractivity contribution in [2.45, 2.75) is 69.7 Å². The smallest absolute Gasteiger partial charge is 0.229 e. The molecule has 6 rings (SSSR count). The lowest BCUT2D eigenvalue weighted by molar-refractivity contribution is -0.120. The summed E-state index contributed by atoms with van der Waals surface area (Å²) in [5.41, 5.74) is 0.746. The number of piperidine rings is 1. The van der Waals surface area contributed by atoms with Crippen LogP contribution in [-0.4, -0.2) is 66.5 Å². The molecule has 1 amide bonds. The van der Waals surface area contributed by atoms with Crippen molar-refractivity contribution < 1.29 is 18.7 Å². The maximum atomic E-state index is 14.5. The number of ether oxygens (including phenoxy) is 2. The first-order valence-corrected chi connectivity index (χ1v) is 13.7. The second kappa shape index (κ2) is 9.19. The fourth-order valence-corrected chi connectivity index (χ4v) is 7.10. The molecule has 1 N–H and O–H groups in total. The van der Waals surface area contributed by atoms with E-state index in [4.69, 9.17) is 21.1 Å². The van der Waals surface area contributed by atoms with Crippen molar-refractivity contribution in [3.63, 3.8) is 0 Å². The van der Waals surface area contributed by atoms with Gasteiger partial charge in [-0.2, -0.15) is 0 Å². The van der Waals surface area contributed by atoms with E-state index < -0.39 is 11.7 Å². The number of halogens is 2. The van der Waals surface area contributed by atoms with Gasteiger partial charge in [0.25, 0.3) is 0 Å². The van der Waals surface area contributed by atoms with Gasteiger partial charge in [0.1, 0.15) is 12.0 Å². The van der Waals surface area contributed by atoms with Crippen LogP contribution in [0.15, 0.2) is 24.4 Å². The summed E-state index contributed by atoms with van der Waals surface area (Å²) < 4.78 is 25.6. The third-order valence-electron chi connectivity index (χ3n) is 9.26. The number of hydrogen-bond acceptors (Lipinski definition) is 5. The molecule has 0 radical (unpaired) electrons. The predicted molar refractivity (Wildman–Crippen MR) is 138 cm³/mol. The van der Waals surface area contributed by atoms with E-state index in [-0.39, 0.29) is 23.8 Å². The van der Waals surface area contributed by atoms with E-state index in [1.807, 2.05) is 26.0 Å². The minimum Gasteiger partial charge on any atom is -0.378 e. The Morgan fingerprint density at radius 1 is 1.25 bits per heavy atom. The van der Waals surface area contributed by atoms with Crippen molar-refractivity contribution in [2.24, 2.45) is 11.3 Å². The third-order valence-corrected chi connectivity index (χ3v) is 9.58. The highest BCUT2D eigenvalue weighted by atomic mass is 35.5. The summed E-state index contributed by atoms with van der Waals surface area (Å²) in [5, 5.41) is 5.77. The minimum atomic E-state index is -0.944. The van der Waals surface area contributed by atoms with Crippen LogP contribution in [0.1, 0.15) is 57.4 Å². The van der Waals surface area contributed by atoms with E-state index in [0.29, 0.717) is 24.4 Å². The first-order chi connectivity index (χ1) is 17.3. The standard InChI is InChI=1S/C28H35ClFN3O3/c1-3-36-20-11-28(12-20)13-22(28)26(34)32-25-10-18-8-21(23(29)9-19(18)14-31-25)17-4-6-33(7-5-17)27(2)16-35-15-24(27)30/h8-10,14,17,20,22,24H,3-7,11-13,15-16H2,1-2H3,(H,31,32,34)/t20?,22-,24+,27-,28?/m0/s1. The Hall–Kier alpha value is -1.80. The maximum absolute atomic E-state index is 14.5. The van der Waals surface area contributed by atoms with E-state index in [1.54, 1.807) is 6.20 Å². The topological polar surface area (TPSA) is 63.7 Å². The molecule has 2 saturated carbocycles. The van der Waals surface area contributed by atoms with Gasteiger partial charge in [0.15, 0.2) is 0 Å². The second-order valence-corrected chi connectivity index (χ2v) is 11.9. The number of benzene rings is 1. The monoisotopic (exact) mass is 515 g/mol. The van der Waals surface area contributed by atoms with Gasteiger partial charge in [0.05, 0.1) is 24.9 Å². The summed E-state index contributed by atoms with van der Waals surface area (Å²) >= 11 is 6.71. The van der Waals surface area contributed by atoms with Crippen LogP contribution >= 0.6 is 11.6 Å². The SMILES string of the molecule is CCOC1CC2(C1)C[C@H]2C(=O)Nc1cc2cc(C3CCN([C@@]4(C)COC[C@H]4F)CC3)c(Cl)cc2cn1. The second-order valence-electron chi connectivity index (χ2n) is 11.5. The molecule has 1 aromatic carbocycles. The number of fused-ring (bicyclic) bond motifs is 1. The van der Waals surface area contributed by atoms with Gasteiger partial charge in [0, 0.05) is 29.1 Å². The van der Waals surface area contributed by atoms with E-state index in [0.717, 1.165) is 73.2 Å². The number of amides is 1. The fraction of sp³-hybridized carbons (Fsp3) is 0.643. The largest absolute Gasteiger partial charge is 0.378 e. The summed E-state index contributed by atoms with van der Waals surface area (Å²) in [6.45, 7) is 7.01. The zero-order valence-electron chi connectivity index (χ0n) is 21.1. The van der Waals surface area contributed by atoms with Gasteiger partial charge >= 0.3 is 0 Å². The van der Waals surface area contributed by atoms with Crippen molar-refractivity contribution in [1.29, 1.82) is 0 Å². The van der Waals surface area contributed by atoms with Crippen LogP contribution in [0.5, 0.6) is 0 Å². The molecule has 6 nitrogen and oxygen atoms in total. The molecular weight excluding hydrogens is 481 g/mol. The van der Waals surface area contributed by atoms with Crippen molar-refractivity contribution in [1.82, 2.24) is 9.88 Å². The number of anilines is 1. The lowest BCUT2D eigenvalue weighted by Gasteiger charge is -2.43. The van der Waals surface area contributed by atoms with E-state index in [1.165, 1.54) is 0 Å². The quantitative estimate of drug-likeness (QED) is 0.562. The predicted octanol–water partition coefficient (Wildman–Crippen LogP) is 5.34. The molecule has 2 saturated heterocycles. The molecular formula is C28H35ClFN3O3. The van der Waals surface area contributed by atoms with Gasteiger partial charge < -0.3 is 14.8 Å². The molecule has 4 fully saturated rings. The molecule has 3 atom stereocenters. The number of alkyl halides is 1. The number of carbonyl (C=O) groups is 1. The zero-order valence-corrected chi connectivity index (χ0v) is 21.8. The summed E-state index contributed by atoms with van der Waals surface area (Å²) in [4.78, 5) is 19.6. The lowest BCUT2D eigenvalue weighted by atomic mass is 9.77. The number of rotatable bonds is 6. The normalized spacial score (nSPS) is 34.7. The Bertz CT molecular complexity index is 1160. The van der Waals surface area contributed by atoms with Gasteiger partial charge in [0.2, 0.25) is 5.91 Å². The lowest BCUT2D eigenvalue weighted by Crippen LogP contribution is -2.55. The molecule has 3 heterocycles. The summed E-state index contributed by atoms with van der Waals surface area (Å²) in [6.07, 6.45) is 5.93. The number of nitrogens with one attached hydrogen (secondary N) is 1. The fourth-order valence-electron chi connectivity index (χ4n) is 6.78. The third kappa shape index (κ3) is 4.22. The average Bonchev–Trinajstić information content (AvgIpc) is 3.50. The van der Waals surface area contributed by atoms with Crippen molar-refractivity contribution in [2.75, 3.05) is 38.2 Å². The Kier molecular flexibility index (Phi) is 6.26. The highest BCUT2D eigenvalue weighted by Crippen LogP contribution is 2.66. The van der Waals surface area contributed by atoms with E-state index >= 15 is 0 Å². The molecule has 0 bridgehead atoms. The number of nitrogens with zero attached hydrogens (tertiary/aromatic N) is 2. The molecule has 194 valence electrons. The van der Waals surface area contributed by atoms with Crippen LogP contribution in [0.3, 0.4) is 0 Å². The Morgan fingerprint density at radius 3 is 2.72 bits per heavy atom. The van der Waals surface area contributed by atoms with Gasteiger partial charge in [-0.25, -0.2) is 9.37 Å². The van der Waals surface area contributed by atoms with Crippen molar-refractivity contribution >= 4 is 34.1 Å². The molecule has 2 aromatic rings. The Labute approximate surface area is 216 Å². The number of pyridine rings is 1. The van der Waals surface area contributed by atoms with Crippen LogP contribution in [0.4, 0.5) is 10.2 Å². The maximum Gasteiger partial charge on any atom is 0.229 e. The number of carbonyl (C=O) groups excluding carboxylic acids is 1. The van der Waals surface area contributed by atoms with E-state index in [9.17, 15) is 9.18 Å². The Balaban J connectivity index is 1.12. The zero-order chi connectivity index (χ0) is 25.1. The summed E-state index contributed by atoms with van der Waals surface area (Å²) in [7, 11) is 0. The Morgan fingerprint density at radius 2 is 2.03 bits per heavy atom. The van der Waals surface area contributed by atoms with Gasteiger partial charge in [-0.3, -0.25) is 9.69 Å². The van der Waals surface area contributed by atoms with Crippen LogP contribution in [0, 0.1) is 11.3 Å². The molecule has 4 aliphatic rings. The highest BCUT2D eigenvalue weighted by molar-refractivity contribution is 6.32. The molecule has 2 aliphatic heterocycles. The van der Waals surface area contributed by atoms with Crippen LogP contribution < -0.4 is 5.32 Å². The van der Waals surface area contributed by atoms with Crippen LogP contribution in [0.2, 0.25) is 5.02 Å². The summed E-state index contributed by atoms with van der Waals surface area (Å²) in [5.74, 6) is 1.03. The summed E-state index contributed by atoms with van der Waals surface area (Å²) in [6, 6.07) is 6.07. The van der Waals surface area contributed by atoms with Crippen LogP contribution in [0.25, 0.3) is 10.8 Å². The van der Waals surface area contributed by atoms with Gasteiger partial charge in [-0.15, -0.1) is 0 Å². The van der Waals surface area contributed by atoms with E-state index in [2.05, 4.69) is 21.3 Å². The average molecular weight is 516 g/mol. The first-order valence-electron chi connectivity index (χ1n) is 13.3. The molecule has 0 unspecified atom stereocenters. The number of likely N-dealkylation sites (tertiary alicyclic amines) is 1. The number of aromatic nitrogens is 1. The number of hydrogen-bond donors (Lipinski definition) is 1. The molecule has 8 heteroatoms.